The number of hydrogen-bond donors (Lipinski definition) is 0. The molecule has 0 aromatic heterocycles. The zero-order valence-corrected chi connectivity index (χ0v) is 10.3. The smallest absolute Gasteiger partial charge is 0.377 e. The van der Waals surface area contributed by atoms with Crippen molar-refractivity contribution in [3.63, 3.8) is 0 Å². The Morgan fingerprint density at radius 1 is 1.26 bits per heavy atom. The molecule has 3 rings (SSSR count). The second-order valence-corrected chi connectivity index (χ2v) is 4.00. The number of nitrogens with zero attached hydrogens (tertiary/aromatic N) is 4. The first kappa shape index (κ1) is 11.5. The van der Waals surface area contributed by atoms with Gasteiger partial charge in [0.2, 0.25) is 0 Å². The van der Waals surface area contributed by atoms with Crippen LogP contribution in [0.5, 0.6) is 0 Å². The third-order valence-electron chi connectivity index (χ3n) is 2.87. The van der Waals surface area contributed by atoms with E-state index in [2.05, 4.69) is 10.2 Å². The van der Waals surface area contributed by atoms with Crippen LogP contribution in [0.4, 0.5) is 5.69 Å². The van der Waals surface area contributed by atoms with Gasteiger partial charge in [-0.1, -0.05) is 18.2 Å². The van der Waals surface area contributed by atoms with E-state index in [0.29, 0.717) is 0 Å². The van der Waals surface area contributed by atoms with Crippen molar-refractivity contribution in [2.45, 2.75) is 6.17 Å². The number of hydrogen-bond acceptors (Lipinski definition) is 6. The number of carbonyl (C=O) groups is 1. The van der Waals surface area contributed by atoms with E-state index in [4.69, 9.17) is 4.74 Å². The maximum Gasteiger partial charge on any atom is 0.377 e. The van der Waals surface area contributed by atoms with Crippen molar-refractivity contribution in [1.29, 1.82) is 0 Å². The minimum atomic E-state index is -0.504. The summed E-state index contributed by atoms with van der Waals surface area (Å²) in [6.07, 6.45) is 5.12. The minimum Gasteiger partial charge on any atom is -0.463 e. The van der Waals surface area contributed by atoms with Gasteiger partial charge in [-0.2, -0.15) is 5.10 Å². The van der Waals surface area contributed by atoms with Gasteiger partial charge in [0.25, 0.3) is 5.84 Å². The van der Waals surface area contributed by atoms with E-state index in [1.807, 2.05) is 42.5 Å². The van der Waals surface area contributed by atoms with Crippen LogP contribution in [0.3, 0.4) is 0 Å². The molecule has 0 saturated heterocycles. The van der Waals surface area contributed by atoms with Gasteiger partial charge in [-0.05, 0) is 24.3 Å². The zero-order chi connectivity index (χ0) is 13.2. The summed E-state index contributed by atoms with van der Waals surface area (Å²) in [4.78, 5) is 11.7. The molecule has 2 aliphatic rings. The van der Waals surface area contributed by atoms with E-state index in [1.165, 1.54) is 7.11 Å². The maximum atomic E-state index is 11.7. The van der Waals surface area contributed by atoms with Crippen LogP contribution in [-0.2, 0) is 9.53 Å². The van der Waals surface area contributed by atoms with Crippen molar-refractivity contribution in [3.8, 4) is 0 Å². The number of allylic oxidation sites excluding steroid dienone is 1. The summed E-state index contributed by atoms with van der Waals surface area (Å²) in [5.41, 5.74) is 0.887. The molecule has 96 valence electrons. The van der Waals surface area contributed by atoms with Crippen LogP contribution in [0.1, 0.15) is 0 Å². The van der Waals surface area contributed by atoms with Crippen molar-refractivity contribution < 1.29 is 9.53 Å². The monoisotopic (exact) mass is 256 g/mol. The molecule has 0 N–H and O–H groups in total. The number of esters is 1. The number of amidine groups is 1. The van der Waals surface area contributed by atoms with Crippen molar-refractivity contribution >= 4 is 23.7 Å². The summed E-state index contributed by atoms with van der Waals surface area (Å²) in [5, 5.41) is 11.8. The van der Waals surface area contributed by atoms with Crippen molar-refractivity contribution in [1.82, 2.24) is 5.01 Å². The normalized spacial score (nSPS) is 20.3. The lowest BCUT2D eigenvalue weighted by Gasteiger charge is -2.26. The van der Waals surface area contributed by atoms with Crippen molar-refractivity contribution in [2.75, 3.05) is 12.1 Å². The highest BCUT2D eigenvalue weighted by Gasteiger charge is 2.38. The Balaban J connectivity index is 2.01. The Morgan fingerprint density at radius 3 is 2.79 bits per heavy atom. The maximum absolute atomic E-state index is 11.7. The number of hydrazone groups is 2. The van der Waals surface area contributed by atoms with Gasteiger partial charge in [-0.15, -0.1) is 5.10 Å². The average molecular weight is 256 g/mol. The topological polar surface area (TPSA) is 57.5 Å². The predicted molar refractivity (Wildman–Crippen MR) is 71.6 cm³/mol. The molecule has 1 unspecified atom stereocenters. The van der Waals surface area contributed by atoms with E-state index in [9.17, 15) is 4.79 Å². The molecule has 6 heteroatoms. The third-order valence-corrected chi connectivity index (χ3v) is 2.87. The van der Waals surface area contributed by atoms with Gasteiger partial charge in [0.1, 0.15) is 0 Å². The molecule has 1 atom stereocenters. The van der Waals surface area contributed by atoms with Crippen LogP contribution in [0, 0.1) is 0 Å². The van der Waals surface area contributed by atoms with Gasteiger partial charge in [-0.3, -0.25) is 0 Å². The highest BCUT2D eigenvalue weighted by molar-refractivity contribution is 6.36. The molecule has 0 saturated carbocycles. The molecule has 0 aliphatic carbocycles. The first-order chi connectivity index (χ1) is 9.31. The zero-order valence-electron chi connectivity index (χ0n) is 10.3. The number of fused-ring (bicyclic) bond motifs is 1. The molecule has 19 heavy (non-hydrogen) atoms. The van der Waals surface area contributed by atoms with Crippen LogP contribution in [0.25, 0.3) is 0 Å². The second kappa shape index (κ2) is 4.56. The fourth-order valence-corrected chi connectivity index (χ4v) is 2.00. The molecule has 0 radical (unpaired) electrons. The highest BCUT2D eigenvalue weighted by atomic mass is 16.5. The number of benzene rings is 1. The lowest BCUT2D eigenvalue weighted by molar-refractivity contribution is -0.133. The molecule has 0 fully saturated rings. The van der Waals surface area contributed by atoms with Gasteiger partial charge in [0, 0.05) is 6.21 Å². The second-order valence-electron chi connectivity index (χ2n) is 4.00. The van der Waals surface area contributed by atoms with Gasteiger partial charge in [0.05, 0.1) is 12.8 Å². The number of carbonyl (C=O) groups excluding carboxylic acids is 1. The standard InChI is InChI=1S/C13H12N4O2/c1-19-13(18)12-15-16(10-6-3-2-4-7-10)11-8-5-9-14-17(11)12/h2-9,11H,1H3. The summed E-state index contributed by atoms with van der Waals surface area (Å²) in [5.74, 6) is -0.326. The van der Waals surface area contributed by atoms with E-state index in [0.717, 1.165) is 5.69 Å². The van der Waals surface area contributed by atoms with E-state index in [-0.39, 0.29) is 12.0 Å². The molecule has 1 aromatic carbocycles. The fourth-order valence-electron chi connectivity index (χ4n) is 2.00. The molecule has 0 bridgehead atoms. The largest absolute Gasteiger partial charge is 0.463 e. The van der Waals surface area contributed by atoms with Gasteiger partial charge in [0.15, 0.2) is 6.17 Å². The molecular weight excluding hydrogens is 244 g/mol. The Labute approximate surface area is 110 Å². The summed E-state index contributed by atoms with van der Waals surface area (Å²) in [6, 6.07) is 9.61. The molecule has 1 aromatic rings. The number of anilines is 1. The van der Waals surface area contributed by atoms with Crippen molar-refractivity contribution in [3.05, 3.63) is 42.5 Å². The Morgan fingerprint density at radius 2 is 2.05 bits per heavy atom. The number of ether oxygens (including phenoxy) is 1. The Bertz CT molecular complexity index is 580. The molecule has 2 heterocycles. The number of methoxy groups -OCH3 is 1. The summed E-state index contributed by atoms with van der Waals surface area (Å²) in [7, 11) is 1.33. The number of para-hydroxylation sites is 1. The highest BCUT2D eigenvalue weighted by Crippen LogP contribution is 2.27. The van der Waals surface area contributed by atoms with E-state index in [1.54, 1.807) is 16.2 Å². The van der Waals surface area contributed by atoms with Gasteiger partial charge in [-0.25, -0.2) is 14.8 Å². The number of rotatable bonds is 2. The summed E-state index contributed by atoms with van der Waals surface area (Å²) in [6.45, 7) is 0. The lowest BCUT2D eigenvalue weighted by atomic mass is 10.3. The van der Waals surface area contributed by atoms with E-state index >= 15 is 0 Å². The van der Waals surface area contributed by atoms with Crippen LogP contribution in [-0.4, -0.2) is 36.3 Å². The van der Waals surface area contributed by atoms with Crippen molar-refractivity contribution in [2.24, 2.45) is 10.2 Å². The Hall–Kier alpha value is -2.63. The third kappa shape index (κ3) is 1.87. The van der Waals surface area contributed by atoms with Crippen LogP contribution in [0.2, 0.25) is 0 Å². The molecule has 0 spiro atoms. The first-order valence-electron chi connectivity index (χ1n) is 5.82. The lowest BCUT2D eigenvalue weighted by Crippen LogP contribution is -2.41. The Kier molecular flexibility index (Phi) is 2.75. The first-order valence-corrected chi connectivity index (χ1v) is 5.82. The summed E-state index contributed by atoms with van der Waals surface area (Å²) >= 11 is 0. The average Bonchev–Trinajstić information content (AvgIpc) is 2.87. The predicted octanol–water partition coefficient (Wildman–Crippen LogP) is 1.18. The van der Waals surface area contributed by atoms with Gasteiger partial charge >= 0.3 is 5.97 Å². The molecular formula is C13H12N4O2. The molecule has 0 amide bonds. The fraction of sp³-hybridized carbons (Fsp3) is 0.154. The van der Waals surface area contributed by atoms with Gasteiger partial charge < -0.3 is 4.74 Å². The van der Waals surface area contributed by atoms with Crippen LogP contribution >= 0.6 is 0 Å². The molecule has 2 aliphatic heterocycles. The quantitative estimate of drug-likeness (QED) is 0.745. The van der Waals surface area contributed by atoms with E-state index < -0.39 is 5.97 Å². The SMILES string of the molecule is COC(=O)C1=NN(c2ccccc2)C2C=CC=NN12. The van der Waals surface area contributed by atoms with Crippen LogP contribution in [0.15, 0.2) is 52.7 Å². The molecule has 6 nitrogen and oxygen atoms in total. The minimum absolute atomic E-state index is 0.178. The summed E-state index contributed by atoms with van der Waals surface area (Å²) < 4.78 is 4.73. The van der Waals surface area contributed by atoms with Crippen LogP contribution < -0.4 is 5.01 Å².